The molecule has 0 unspecified atom stereocenters. The number of piperidine rings is 1. The monoisotopic (exact) mass is 421 g/mol. The van der Waals surface area contributed by atoms with Crippen LogP contribution < -0.4 is 14.2 Å². The zero-order valence-corrected chi connectivity index (χ0v) is 17.9. The quantitative estimate of drug-likeness (QED) is 0.572. The van der Waals surface area contributed by atoms with Gasteiger partial charge in [-0.05, 0) is 44.2 Å². The van der Waals surface area contributed by atoms with Gasteiger partial charge in [0.1, 0.15) is 6.10 Å². The number of benzene rings is 2. The summed E-state index contributed by atoms with van der Waals surface area (Å²) in [5.74, 6) is 1.78. The molecule has 2 aromatic carbocycles. The van der Waals surface area contributed by atoms with E-state index in [0.29, 0.717) is 49.2 Å². The van der Waals surface area contributed by atoms with Crippen LogP contribution in [-0.2, 0) is 0 Å². The summed E-state index contributed by atoms with van der Waals surface area (Å²) in [6.45, 7) is 6.14. The molecule has 0 atom stereocenters. The van der Waals surface area contributed by atoms with Crippen molar-refractivity contribution in [1.29, 1.82) is 0 Å². The molecule has 7 heteroatoms. The lowest BCUT2D eigenvalue weighted by Gasteiger charge is -2.32. The molecule has 0 bridgehead atoms. The fourth-order valence-electron chi connectivity index (χ4n) is 3.71. The molecule has 0 N–H and O–H groups in total. The Hall–Kier alpha value is -3.35. The van der Waals surface area contributed by atoms with Crippen LogP contribution in [0.2, 0.25) is 0 Å². The van der Waals surface area contributed by atoms with E-state index in [4.69, 9.17) is 14.2 Å². The van der Waals surface area contributed by atoms with E-state index < -0.39 is 0 Å². The zero-order valence-electron chi connectivity index (χ0n) is 17.9. The van der Waals surface area contributed by atoms with Crippen molar-refractivity contribution >= 4 is 16.9 Å². The predicted octanol–water partition coefficient (Wildman–Crippen LogP) is 4.11. The van der Waals surface area contributed by atoms with Gasteiger partial charge in [-0.3, -0.25) is 4.79 Å². The molecule has 1 amide bonds. The first kappa shape index (κ1) is 20.9. The Morgan fingerprint density at radius 2 is 1.71 bits per heavy atom. The molecular formula is C24H27N3O4. The number of carbonyl (C=O) groups excluding carboxylic acids is 1. The topological polar surface area (TPSA) is 73.8 Å². The fraction of sp³-hybridized carbons (Fsp3) is 0.375. The normalized spacial score (nSPS) is 14.5. The second-order valence-corrected chi connectivity index (χ2v) is 7.33. The molecule has 1 aromatic heterocycles. The second-order valence-electron chi connectivity index (χ2n) is 7.33. The van der Waals surface area contributed by atoms with Crippen molar-refractivity contribution in [2.24, 2.45) is 0 Å². The summed E-state index contributed by atoms with van der Waals surface area (Å²) in [6, 6.07) is 13.1. The van der Waals surface area contributed by atoms with Gasteiger partial charge in [0.2, 0.25) is 5.88 Å². The number of ether oxygens (including phenoxy) is 3. The molecule has 1 aliphatic rings. The van der Waals surface area contributed by atoms with E-state index in [0.717, 1.165) is 23.9 Å². The van der Waals surface area contributed by atoms with Crippen molar-refractivity contribution in [3.63, 3.8) is 0 Å². The Bertz CT molecular complexity index is 1050. The lowest BCUT2D eigenvalue weighted by Crippen LogP contribution is -2.41. The number of carbonyl (C=O) groups is 1. The summed E-state index contributed by atoms with van der Waals surface area (Å²) in [5.41, 5.74) is 2.26. The largest absolute Gasteiger partial charge is 0.490 e. The van der Waals surface area contributed by atoms with E-state index in [1.807, 2.05) is 43.0 Å². The van der Waals surface area contributed by atoms with Crippen LogP contribution in [-0.4, -0.2) is 53.2 Å². The maximum atomic E-state index is 13.0. The summed E-state index contributed by atoms with van der Waals surface area (Å²) < 4.78 is 17.3. The van der Waals surface area contributed by atoms with Gasteiger partial charge in [-0.2, -0.15) is 0 Å². The number of nitrogens with zero attached hydrogens (tertiary/aromatic N) is 3. The average Bonchev–Trinajstić information content (AvgIpc) is 2.80. The average molecular weight is 421 g/mol. The van der Waals surface area contributed by atoms with Crippen molar-refractivity contribution < 1.29 is 19.0 Å². The number of aromatic nitrogens is 2. The first-order chi connectivity index (χ1) is 15.2. The number of fused-ring (bicyclic) bond motifs is 1. The van der Waals surface area contributed by atoms with Crippen LogP contribution in [0.1, 0.15) is 37.0 Å². The van der Waals surface area contributed by atoms with Crippen LogP contribution in [0.3, 0.4) is 0 Å². The van der Waals surface area contributed by atoms with Gasteiger partial charge in [0.25, 0.3) is 5.91 Å². The lowest BCUT2D eigenvalue weighted by atomic mass is 10.1. The molecule has 1 aliphatic heterocycles. The van der Waals surface area contributed by atoms with E-state index in [-0.39, 0.29) is 12.0 Å². The van der Waals surface area contributed by atoms with E-state index in [2.05, 4.69) is 9.97 Å². The Morgan fingerprint density at radius 3 is 2.45 bits per heavy atom. The van der Waals surface area contributed by atoms with Gasteiger partial charge in [0.05, 0.1) is 30.4 Å². The molecule has 3 aromatic rings. The van der Waals surface area contributed by atoms with E-state index in [1.165, 1.54) is 0 Å². The standard InChI is InChI=1S/C24H27N3O4/c1-3-29-21-10-9-17(15-22(21)30-4-2)24(28)27-13-11-18(12-14-27)31-23-16-25-19-7-5-6-8-20(19)26-23/h5-10,15-16,18H,3-4,11-14H2,1-2H3. The van der Waals surface area contributed by atoms with Crippen molar-refractivity contribution in [2.45, 2.75) is 32.8 Å². The Labute approximate surface area is 182 Å². The minimum Gasteiger partial charge on any atom is -0.490 e. The highest BCUT2D eigenvalue weighted by Crippen LogP contribution is 2.29. The summed E-state index contributed by atoms with van der Waals surface area (Å²) in [5, 5.41) is 0. The minimum absolute atomic E-state index is 0.00653. The van der Waals surface area contributed by atoms with Gasteiger partial charge < -0.3 is 19.1 Å². The maximum absolute atomic E-state index is 13.0. The van der Waals surface area contributed by atoms with Crippen LogP contribution >= 0.6 is 0 Å². The molecule has 31 heavy (non-hydrogen) atoms. The van der Waals surface area contributed by atoms with Crippen LogP contribution in [0.4, 0.5) is 0 Å². The van der Waals surface area contributed by atoms with Crippen molar-refractivity contribution in [3.8, 4) is 17.4 Å². The van der Waals surface area contributed by atoms with Crippen molar-refractivity contribution in [3.05, 3.63) is 54.2 Å². The molecular weight excluding hydrogens is 394 g/mol. The third kappa shape index (κ3) is 4.87. The van der Waals surface area contributed by atoms with Gasteiger partial charge in [0.15, 0.2) is 11.5 Å². The Balaban J connectivity index is 1.37. The first-order valence-corrected chi connectivity index (χ1v) is 10.7. The molecule has 0 radical (unpaired) electrons. The lowest BCUT2D eigenvalue weighted by molar-refractivity contribution is 0.0587. The SMILES string of the molecule is CCOc1ccc(C(=O)N2CCC(Oc3cnc4ccccc4n3)CC2)cc1OCC. The number of hydrogen-bond donors (Lipinski definition) is 0. The highest BCUT2D eigenvalue weighted by atomic mass is 16.5. The highest BCUT2D eigenvalue weighted by molar-refractivity contribution is 5.95. The number of amides is 1. The number of rotatable bonds is 7. The van der Waals surface area contributed by atoms with Gasteiger partial charge in [-0.25, -0.2) is 9.97 Å². The maximum Gasteiger partial charge on any atom is 0.253 e. The molecule has 0 saturated carbocycles. The van der Waals surface area contributed by atoms with Gasteiger partial charge >= 0.3 is 0 Å². The molecule has 4 rings (SSSR count). The van der Waals surface area contributed by atoms with E-state index in [9.17, 15) is 4.79 Å². The molecule has 7 nitrogen and oxygen atoms in total. The van der Waals surface area contributed by atoms with Crippen LogP contribution in [0, 0.1) is 0 Å². The molecule has 2 heterocycles. The molecule has 0 spiro atoms. The molecule has 1 fully saturated rings. The van der Waals surface area contributed by atoms with E-state index >= 15 is 0 Å². The van der Waals surface area contributed by atoms with Crippen molar-refractivity contribution in [2.75, 3.05) is 26.3 Å². The summed E-state index contributed by atoms with van der Waals surface area (Å²) in [4.78, 5) is 23.8. The predicted molar refractivity (Wildman–Crippen MR) is 118 cm³/mol. The van der Waals surface area contributed by atoms with Crippen LogP contribution in [0.15, 0.2) is 48.7 Å². The van der Waals surface area contributed by atoms with Gasteiger partial charge in [-0.1, -0.05) is 12.1 Å². The third-order valence-electron chi connectivity index (χ3n) is 5.23. The summed E-state index contributed by atoms with van der Waals surface area (Å²) in [7, 11) is 0. The Morgan fingerprint density at radius 1 is 1.00 bits per heavy atom. The summed E-state index contributed by atoms with van der Waals surface area (Å²) in [6.07, 6.45) is 3.17. The van der Waals surface area contributed by atoms with Gasteiger partial charge in [-0.15, -0.1) is 0 Å². The summed E-state index contributed by atoms with van der Waals surface area (Å²) >= 11 is 0. The first-order valence-electron chi connectivity index (χ1n) is 10.7. The third-order valence-corrected chi connectivity index (χ3v) is 5.23. The minimum atomic E-state index is -0.00653. The fourth-order valence-corrected chi connectivity index (χ4v) is 3.71. The number of hydrogen-bond acceptors (Lipinski definition) is 6. The highest BCUT2D eigenvalue weighted by Gasteiger charge is 2.26. The molecule has 0 aliphatic carbocycles. The zero-order chi connectivity index (χ0) is 21.6. The smallest absolute Gasteiger partial charge is 0.253 e. The number of likely N-dealkylation sites (tertiary alicyclic amines) is 1. The van der Waals surface area contributed by atoms with Crippen LogP contribution in [0.25, 0.3) is 11.0 Å². The van der Waals surface area contributed by atoms with Crippen molar-refractivity contribution in [1.82, 2.24) is 14.9 Å². The Kier molecular flexibility index (Phi) is 6.50. The second kappa shape index (κ2) is 9.64. The molecule has 1 saturated heterocycles. The van der Waals surface area contributed by atoms with E-state index in [1.54, 1.807) is 24.4 Å². The molecule has 162 valence electrons. The number of para-hydroxylation sites is 2. The van der Waals surface area contributed by atoms with Gasteiger partial charge in [0, 0.05) is 31.5 Å². The van der Waals surface area contributed by atoms with Crippen LogP contribution in [0.5, 0.6) is 17.4 Å².